The zero-order valence-corrected chi connectivity index (χ0v) is 11.7. The number of aromatic nitrogens is 1. The molecule has 0 atom stereocenters. The molecule has 2 nitrogen and oxygen atoms in total. The number of rotatable bonds is 3. The lowest BCUT2D eigenvalue weighted by Crippen LogP contribution is -2.02. The van der Waals surface area contributed by atoms with E-state index in [0.29, 0.717) is 22.2 Å². The molecule has 110 valence electrons. The van der Waals surface area contributed by atoms with Crippen molar-refractivity contribution in [2.45, 2.75) is 12.8 Å². The van der Waals surface area contributed by atoms with Crippen LogP contribution in [0.2, 0.25) is 0 Å². The van der Waals surface area contributed by atoms with E-state index in [9.17, 15) is 13.6 Å². The first-order valence-electron chi connectivity index (χ1n) is 7.25. The average Bonchev–Trinajstić information content (AvgIpc) is 3.29. The van der Waals surface area contributed by atoms with Gasteiger partial charge < -0.3 is 4.98 Å². The Hall–Kier alpha value is -2.49. The summed E-state index contributed by atoms with van der Waals surface area (Å²) in [6, 6.07) is 10.3. The maximum Gasteiger partial charge on any atom is 0.168 e. The van der Waals surface area contributed by atoms with Crippen molar-refractivity contribution in [1.82, 2.24) is 4.98 Å². The number of Topliss-reactive ketones (excluding diaryl/α,β-unsaturated/α-hetero) is 1. The number of carbonyl (C=O) groups is 1. The molecule has 3 aromatic rings. The molecule has 0 saturated heterocycles. The average molecular weight is 297 g/mol. The van der Waals surface area contributed by atoms with E-state index in [2.05, 4.69) is 4.98 Å². The summed E-state index contributed by atoms with van der Waals surface area (Å²) >= 11 is 0. The third-order valence-electron chi connectivity index (χ3n) is 4.09. The highest BCUT2D eigenvalue weighted by atomic mass is 19.1. The number of fused-ring (bicyclic) bond motifs is 1. The highest BCUT2D eigenvalue weighted by Crippen LogP contribution is 2.39. The van der Waals surface area contributed by atoms with Crippen molar-refractivity contribution in [1.29, 1.82) is 0 Å². The Bertz CT molecular complexity index is 876. The van der Waals surface area contributed by atoms with Gasteiger partial charge in [0.15, 0.2) is 5.78 Å². The number of nitrogens with one attached hydrogen (secondary N) is 1. The lowest BCUT2D eigenvalue weighted by molar-refractivity contribution is 0.0970. The minimum Gasteiger partial charge on any atom is -0.354 e. The predicted octanol–water partition coefficient (Wildman–Crippen LogP) is 4.71. The minimum absolute atomic E-state index is 0.0291. The van der Waals surface area contributed by atoms with Crippen molar-refractivity contribution < 1.29 is 13.6 Å². The number of hydrogen-bond acceptors (Lipinski definition) is 1. The molecular weight excluding hydrogens is 284 g/mol. The van der Waals surface area contributed by atoms with Gasteiger partial charge in [0.1, 0.15) is 11.6 Å². The van der Waals surface area contributed by atoms with Crippen LogP contribution in [0.4, 0.5) is 8.78 Å². The molecule has 1 fully saturated rings. The van der Waals surface area contributed by atoms with Gasteiger partial charge in [0.25, 0.3) is 0 Å². The molecule has 4 heteroatoms. The van der Waals surface area contributed by atoms with Gasteiger partial charge in [0, 0.05) is 16.8 Å². The van der Waals surface area contributed by atoms with Crippen LogP contribution in [-0.2, 0) is 0 Å². The SMILES string of the molecule is O=C(c1c(-c2ccc(F)cc2)[nH]c2ccc(F)cc12)C1CC1. The standard InChI is InChI=1S/C18H13F2NO/c19-12-5-3-10(4-6-12)17-16(18(22)11-1-2-11)14-9-13(20)7-8-15(14)21-17/h3-9,11,21H,1-2H2. The number of aromatic amines is 1. The van der Waals surface area contributed by atoms with E-state index in [4.69, 9.17) is 0 Å². The van der Waals surface area contributed by atoms with E-state index < -0.39 is 0 Å². The lowest BCUT2D eigenvalue weighted by atomic mass is 9.99. The number of benzene rings is 2. The van der Waals surface area contributed by atoms with Crippen LogP contribution in [-0.4, -0.2) is 10.8 Å². The first kappa shape index (κ1) is 13.2. The summed E-state index contributed by atoms with van der Waals surface area (Å²) in [5, 5.41) is 0.594. The van der Waals surface area contributed by atoms with Crippen molar-refractivity contribution in [3.63, 3.8) is 0 Å². The molecule has 1 aliphatic rings. The largest absolute Gasteiger partial charge is 0.354 e. The summed E-state index contributed by atoms with van der Waals surface area (Å²) in [6.45, 7) is 0. The predicted molar refractivity (Wildman–Crippen MR) is 80.7 cm³/mol. The van der Waals surface area contributed by atoms with Gasteiger partial charge in [0.05, 0.1) is 11.3 Å². The van der Waals surface area contributed by atoms with Crippen molar-refractivity contribution in [3.05, 3.63) is 59.7 Å². The Morgan fingerprint density at radius 2 is 1.68 bits per heavy atom. The first-order chi connectivity index (χ1) is 10.6. The van der Waals surface area contributed by atoms with Gasteiger partial charge in [-0.2, -0.15) is 0 Å². The van der Waals surface area contributed by atoms with Gasteiger partial charge in [-0.15, -0.1) is 0 Å². The van der Waals surface area contributed by atoms with E-state index in [0.717, 1.165) is 18.4 Å². The van der Waals surface area contributed by atoms with E-state index in [-0.39, 0.29) is 23.3 Å². The first-order valence-corrected chi connectivity index (χ1v) is 7.25. The van der Waals surface area contributed by atoms with Crippen LogP contribution in [0.15, 0.2) is 42.5 Å². The van der Waals surface area contributed by atoms with Gasteiger partial charge in [-0.25, -0.2) is 8.78 Å². The van der Waals surface area contributed by atoms with Gasteiger partial charge >= 0.3 is 0 Å². The van der Waals surface area contributed by atoms with Crippen molar-refractivity contribution >= 4 is 16.7 Å². The Balaban J connectivity index is 1.98. The summed E-state index contributed by atoms with van der Waals surface area (Å²) in [5.74, 6) is -0.638. The molecule has 1 aromatic heterocycles. The van der Waals surface area contributed by atoms with Crippen LogP contribution in [0.25, 0.3) is 22.2 Å². The molecule has 0 unspecified atom stereocenters. The Kier molecular flexibility index (Phi) is 2.86. The van der Waals surface area contributed by atoms with Crippen LogP contribution in [0.5, 0.6) is 0 Å². The number of hydrogen-bond donors (Lipinski definition) is 1. The number of carbonyl (C=O) groups excluding carboxylic acids is 1. The Labute approximate surface area is 125 Å². The summed E-state index contributed by atoms with van der Waals surface area (Å²) < 4.78 is 26.7. The molecule has 4 rings (SSSR count). The van der Waals surface area contributed by atoms with Crippen LogP contribution in [0.3, 0.4) is 0 Å². The fourth-order valence-electron chi connectivity index (χ4n) is 2.80. The lowest BCUT2D eigenvalue weighted by Gasteiger charge is -2.04. The van der Waals surface area contributed by atoms with Gasteiger partial charge in [-0.3, -0.25) is 4.79 Å². The zero-order valence-electron chi connectivity index (χ0n) is 11.7. The molecule has 0 amide bonds. The van der Waals surface area contributed by atoms with E-state index >= 15 is 0 Å². The Morgan fingerprint density at radius 1 is 1.00 bits per heavy atom. The third-order valence-corrected chi connectivity index (χ3v) is 4.09. The van der Waals surface area contributed by atoms with E-state index in [1.54, 1.807) is 18.2 Å². The van der Waals surface area contributed by atoms with Crippen LogP contribution >= 0.6 is 0 Å². The molecule has 0 bridgehead atoms. The Morgan fingerprint density at radius 3 is 2.36 bits per heavy atom. The third kappa shape index (κ3) is 2.11. The number of ketones is 1. The molecular formula is C18H13F2NO. The second-order valence-electron chi connectivity index (χ2n) is 5.71. The molecule has 2 aromatic carbocycles. The summed E-state index contributed by atoms with van der Waals surface area (Å²) in [5.41, 5.74) is 2.59. The zero-order chi connectivity index (χ0) is 15.3. The fourth-order valence-corrected chi connectivity index (χ4v) is 2.80. The summed E-state index contributed by atoms with van der Waals surface area (Å²) in [6.07, 6.45) is 1.76. The minimum atomic E-state index is -0.373. The maximum atomic E-state index is 13.6. The van der Waals surface area contributed by atoms with Crippen molar-refractivity contribution in [2.24, 2.45) is 5.92 Å². The fraction of sp³-hybridized carbons (Fsp3) is 0.167. The molecule has 0 aliphatic heterocycles. The summed E-state index contributed by atoms with van der Waals surface area (Å²) in [7, 11) is 0. The maximum absolute atomic E-state index is 13.6. The van der Waals surface area contributed by atoms with Gasteiger partial charge in [-0.1, -0.05) is 0 Å². The second-order valence-corrected chi connectivity index (χ2v) is 5.71. The number of halogens is 2. The van der Waals surface area contributed by atoms with E-state index in [1.807, 2.05) is 0 Å². The topological polar surface area (TPSA) is 32.9 Å². The van der Waals surface area contributed by atoms with Gasteiger partial charge in [-0.05, 0) is 60.9 Å². The number of H-pyrrole nitrogens is 1. The molecule has 22 heavy (non-hydrogen) atoms. The highest BCUT2D eigenvalue weighted by molar-refractivity contribution is 6.14. The molecule has 1 heterocycles. The van der Waals surface area contributed by atoms with Gasteiger partial charge in [0.2, 0.25) is 0 Å². The van der Waals surface area contributed by atoms with Crippen LogP contribution < -0.4 is 0 Å². The summed E-state index contributed by atoms with van der Waals surface area (Å²) in [4.78, 5) is 15.8. The highest BCUT2D eigenvalue weighted by Gasteiger charge is 2.34. The van der Waals surface area contributed by atoms with Crippen LogP contribution in [0, 0.1) is 17.6 Å². The second kappa shape index (κ2) is 4.77. The van der Waals surface area contributed by atoms with E-state index in [1.165, 1.54) is 24.3 Å². The molecule has 1 aliphatic carbocycles. The van der Waals surface area contributed by atoms with Crippen molar-refractivity contribution in [2.75, 3.05) is 0 Å². The molecule has 1 saturated carbocycles. The molecule has 0 spiro atoms. The molecule has 0 radical (unpaired) electrons. The molecule has 1 N–H and O–H groups in total. The van der Waals surface area contributed by atoms with Crippen LogP contribution in [0.1, 0.15) is 23.2 Å². The van der Waals surface area contributed by atoms with Crippen molar-refractivity contribution in [3.8, 4) is 11.3 Å². The monoisotopic (exact) mass is 297 g/mol. The normalized spacial score (nSPS) is 14.5. The smallest absolute Gasteiger partial charge is 0.168 e. The quantitative estimate of drug-likeness (QED) is 0.698.